The maximum Gasteiger partial charge on any atom is 0.261 e. The molecule has 0 fully saturated rings. The number of pyridine rings is 1. The lowest BCUT2D eigenvalue weighted by Gasteiger charge is -2.16. The Kier molecular flexibility index (Phi) is 5.67. The molecule has 0 spiro atoms. The third-order valence-corrected chi connectivity index (χ3v) is 4.17. The number of carbonyl (C=O) groups is 1. The number of aromatic nitrogens is 1. The van der Waals surface area contributed by atoms with Gasteiger partial charge in [-0.2, -0.15) is 0 Å². The van der Waals surface area contributed by atoms with E-state index in [9.17, 15) is 9.59 Å². The molecule has 2 N–H and O–H groups in total. The van der Waals surface area contributed by atoms with E-state index in [1.807, 2.05) is 26.8 Å². The van der Waals surface area contributed by atoms with Crippen LogP contribution in [-0.2, 0) is 11.3 Å². The minimum Gasteiger partial charge on any atom is -0.481 e. The number of ether oxygens (including phenoxy) is 1. The number of benzene rings is 1. The number of hydrogen-bond acceptors (Lipinski definition) is 3. The highest BCUT2D eigenvalue weighted by atomic mass is 35.5. The number of nitrogens with one attached hydrogen (secondary N) is 2. The molecule has 6 heteroatoms. The Morgan fingerprint density at radius 2 is 1.96 bits per heavy atom. The lowest BCUT2D eigenvalue weighted by atomic mass is 10.1. The Morgan fingerprint density at radius 3 is 2.58 bits per heavy atom. The van der Waals surface area contributed by atoms with Crippen molar-refractivity contribution >= 4 is 17.5 Å². The van der Waals surface area contributed by atoms with Crippen molar-refractivity contribution in [3.63, 3.8) is 0 Å². The summed E-state index contributed by atoms with van der Waals surface area (Å²) in [5, 5.41) is 3.38. The van der Waals surface area contributed by atoms with Crippen LogP contribution >= 0.6 is 11.6 Å². The monoisotopic (exact) mass is 348 g/mol. The van der Waals surface area contributed by atoms with E-state index in [2.05, 4.69) is 10.3 Å². The number of aryl methyl sites for hydroxylation is 3. The van der Waals surface area contributed by atoms with E-state index < -0.39 is 6.10 Å². The molecule has 2 rings (SSSR count). The van der Waals surface area contributed by atoms with E-state index >= 15 is 0 Å². The molecule has 1 atom stereocenters. The average Bonchev–Trinajstić information content (AvgIpc) is 2.49. The minimum atomic E-state index is -0.685. The SMILES string of the molecule is Cc1cc(C)c(CNC(=O)[C@H](C)Oc2ccc(Cl)c(C)c2)c(=O)[nH]1. The van der Waals surface area contributed by atoms with Crippen molar-refractivity contribution in [2.24, 2.45) is 0 Å². The summed E-state index contributed by atoms with van der Waals surface area (Å²) in [6.45, 7) is 7.35. The standard InChI is InChI=1S/C18H21ClN2O3/c1-10-7-12(3)21-18(23)15(10)9-20-17(22)13(4)24-14-5-6-16(19)11(2)8-14/h5-8,13H,9H2,1-4H3,(H,20,22)(H,21,23)/t13-/m0/s1. The molecule has 1 amide bonds. The molecule has 2 aromatic rings. The van der Waals surface area contributed by atoms with Crippen molar-refractivity contribution in [3.05, 3.63) is 62.0 Å². The van der Waals surface area contributed by atoms with Gasteiger partial charge >= 0.3 is 0 Å². The van der Waals surface area contributed by atoms with Gasteiger partial charge < -0.3 is 15.0 Å². The first-order valence-corrected chi connectivity index (χ1v) is 8.05. The lowest BCUT2D eigenvalue weighted by Crippen LogP contribution is -2.37. The van der Waals surface area contributed by atoms with Gasteiger partial charge in [0.15, 0.2) is 6.10 Å². The number of aromatic amines is 1. The highest BCUT2D eigenvalue weighted by Crippen LogP contribution is 2.21. The van der Waals surface area contributed by atoms with Crippen LogP contribution in [-0.4, -0.2) is 17.0 Å². The van der Waals surface area contributed by atoms with Gasteiger partial charge in [-0.15, -0.1) is 0 Å². The molecule has 0 bridgehead atoms. The predicted octanol–water partition coefficient (Wildman–Crippen LogP) is 3.04. The fourth-order valence-electron chi connectivity index (χ4n) is 2.37. The molecule has 128 valence electrons. The Bertz CT molecular complexity index is 814. The van der Waals surface area contributed by atoms with E-state index in [0.29, 0.717) is 16.3 Å². The van der Waals surface area contributed by atoms with Gasteiger partial charge in [0.25, 0.3) is 11.5 Å². The Morgan fingerprint density at radius 1 is 1.25 bits per heavy atom. The summed E-state index contributed by atoms with van der Waals surface area (Å²) >= 11 is 5.97. The zero-order valence-electron chi connectivity index (χ0n) is 14.2. The number of halogens is 1. The van der Waals surface area contributed by atoms with Crippen molar-refractivity contribution in [1.29, 1.82) is 0 Å². The highest BCUT2D eigenvalue weighted by Gasteiger charge is 2.16. The van der Waals surface area contributed by atoms with Gasteiger partial charge in [-0.1, -0.05) is 11.6 Å². The zero-order valence-corrected chi connectivity index (χ0v) is 15.0. The summed E-state index contributed by atoms with van der Waals surface area (Å²) in [4.78, 5) is 26.9. The summed E-state index contributed by atoms with van der Waals surface area (Å²) in [6, 6.07) is 7.10. The van der Waals surface area contributed by atoms with Gasteiger partial charge in [0, 0.05) is 22.8 Å². The van der Waals surface area contributed by atoms with Crippen LogP contribution in [0.3, 0.4) is 0 Å². The molecule has 1 aromatic heterocycles. The number of amides is 1. The smallest absolute Gasteiger partial charge is 0.261 e. The quantitative estimate of drug-likeness (QED) is 0.872. The van der Waals surface area contributed by atoms with E-state index in [4.69, 9.17) is 16.3 Å². The van der Waals surface area contributed by atoms with E-state index in [1.165, 1.54) is 0 Å². The van der Waals surface area contributed by atoms with Crippen LogP contribution < -0.4 is 15.6 Å². The topological polar surface area (TPSA) is 71.2 Å². The maximum atomic E-state index is 12.2. The van der Waals surface area contributed by atoms with Crippen LogP contribution in [0.25, 0.3) is 0 Å². The summed E-state index contributed by atoms with van der Waals surface area (Å²) in [6.07, 6.45) is -0.685. The zero-order chi connectivity index (χ0) is 17.9. The molecule has 1 aromatic carbocycles. The molecule has 0 saturated carbocycles. The van der Waals surface area contributed by atoms with Gasteiger partial charge in [-0.3, -0.25) is 9.59 Å². The van der Waals surface area contributed by atoms with E-state index in [0.717, 1.165) is 16.8 Å². The summed E-state index contributed by atoms with van der Waals surface area (Å²) in [5.74, 6) is 0.283. The van der Waals surface area contributed by atoms with Crippen molar-refractivity contribution in [3.8, 4) is 5.75 Å². The van der Waals surface area contributed by atoms with Crippen molar-refractivity contribution in [2.45, 2.75) is 40.3 Å². The first-order chi connectivity index (χ1) is 11.3. The summed E-state index contributed by atoms with van der Waals surface area (Å²) in [7, 11) is 0. The Balaban J connectivity index is 1.99. The first kappa shape index (κ1) is 18.1. The number of hydrogen-bond donors (Lipinski definition) is 2. The molecule has 5 nitrogen and oxygen atoms in total. The van der Waals surface area contributed by atoms with Gasteiger partial charge in [0.2, 0.25) is 0 Å². The number of rotatable bonds is 5. The highest BCUT2D eigenvalue weighted by molar-refractivity contribution is 6.31. The third-order valence-electron chi connectivity index (χ3n) is 3.74. The number of carbonyl (C=O) groups excluding carboxylic acids is 1. The molecule has 0 saturated heterocycles. The van der Waals surface area contributed by atoms with E-state index in [-0.39, 0.29) is 18.0 Å². The van der Waals surface area contributed by atoms with Crippen LogP contribution in [0.5, 0.6) is 5.75 Å². The third kappa shape index (κ3) is 4.38. The predicted molar refractivity (Wildman–Crippen MR) is 94.7 cm³/mol. The minimum absolute atomic E-state index is 0.160. The lowest BCUT2D eigenvalue weighted by molar-refractivity contribution is -0.127. The van der Waals surface area contributed by atoms with Crippen LogP contribution in [0.1, 0.15) is 29.3 Å². The molecular weight excluding hydrogens is 328 g/mol. The molecule has 24 heavy (non-hydrogen) atoms. The molecular formula is C18H21ClN2O3. The van der Waals surface area contributed by atoms with Crippen molar-refractivity contribution in [2.75, 3.05) is 0 Å². The van der Waals surface area contributed by atoms with Gasteiger partial charge in [0.05, 0.1) is 0 Å². The van der Waals surface area contributed by atoms with Crippen LogP contribution in [0.15, 0.2) is 29.1 Å². The fraction of sp³-hybridized carbons (Fsp3) is 0.333. The van der Waals surface area contributed by atoms with Crippen LogP contribution in [0, 0.1) is 20.8 Å². The van der Waals surface area contributed by atoms with Gasteiger partial charge in [-0.25, -0.2) is 0 Å². The average molecular weight is 349 g/mol. The number of H-pyrrole nitrogens is 1. The Labute approximate surface area is 146 Å². The molecule has 0 unspecified atom stereocenters. The van der Waals surface area contributed by atoms with Crippen molar-refractivity contribution in [1.82, 2.24) is 10.3 Å². The molecule has 0 radical (unpaired) electrons. The van der Waals surface area contributed by atoms with Crippen LogP contribution in [0.2, 0.25) is 5.02 Å². The van der Waals surface area contributed by atoms with E-state index in [1.54, 1.807) is 25.1 Å². The second kappa shape index (κ2) is 7.53. The normalized spacial score (nSPS) is 11.9. The molecule has 0 aliphatic heterocycles. The summed E-state index contributed by atoms with van der Waals surface area (Å²) in [5.41, 5.74) is 2.88. The maximum absolute atomic E-state index is 12.2. The molecule has 0 aliphatic rings. The molecule has 1 heterocycles. The molecule has 0 aliphatic carbocycles. The fourth-order valence-corrected chi connectivity index (χ4v) is 2.49. The second-order valence-electron chi connectivity index (χ2n) is 5.83. The van der Waals surface area contributed by atoms with Crippen molar-refractivity contribution < 1.29 is 9.53 Å². The second-order valence-corrected chi connectivity index (χ2v) is 6.24. The first-order valence-electron chi connectivity index (χ1n) is 7.68. The van der Waals surface area contributed by atoms with Gasteiger partial charge in [-0.05, 0) is 63.1 Å². The van der Waals surface area contributed by atoms with Gasteiger partial charge in [0.1, 0.15) is 5.75 Å². The largest absolute Gasteiger partial charge is 0.481 e. The Hall–Kier alpha value is -2.27. The summed E-state index contributed by atoms with van der Waals surface area (Å²) < 4.78 is 5.62. The van der Waals surface area contributed by atoms with Crippen LogP contribution in [0.4, 0.5) is 0 Å².